The number of hydrogen-bond acceptors (Lipinski definition) is 6. The molecule has 0 saturated heterocycles. The van der Waals surface area contributed by atoms with Crippen molar-refractivity contribution >= 4 is 29.2 Å². The number of nitrogens with zero attached hydrogens (tertiary/aromatic N) is 3. The van der Waals surface area contributed by atoms with Crippen LogP contribution in [0.3, 0.4) is 0 Å². The predicted octanol–water partition coefficient (Wildman–Crippen LogP) is 5.63. The number of ether oxygens (including phenoxy) is 1. The van der Waals surface area contributed by atoms with Crippen molar-refractivity contribution in [3.63, 3.8) is 0 Å². The zero-order chi connectivity index (χ0) is 30.7. The Morgan fingerprint density at radius 2 is 1.72 bits per heavy atom. The largest absolute Gasteiger partial charge is 0.444 e. The molecule has 1 atom stereocenters. The number of alkyl carbamates (subject to hydrolysis) is 1. The molecule has 0 radical (unpaired) electrons. The highest BCUT2D eigenvalue weighted by molar-refractivity contribution is 5.86. The first-order valence-electron chi connectivity index (χ1n) is 14.0. The van der Waals surface area contributed by atoms with Gasteiger partial charge in [0, 0.05) is 36.4 Å². The number of carbonyl (C=O) groups is 2. The van der Waals surface area contributed by atoms with E-state index in [1.165, 1.54) is 24.3 Å². The van der Waals surface area contributed by atoms with Crippen molar-refractivity contribution in [1.82, 2.24) is 19.8 Å². The maximum atomic E-state index is 14.2. The summed E-state index contributed by atoms with van der Waals surface area (Å²) in [5.41, 5.74) is 8.19. The number of rotatable bonds is 7. The van der Waals surface area contributed by atoms with E-state index >= 15 is 0 Å². The Balaban J connectivity index is 1.44. The van der Waals surface area contributed by atoms with Gasteiger partial charge in [-0.25, -0.2) is 18.6 Å². The summed E-state index contributed by atoms with van der Waals surface area (Å²) in [5, 5.41) is 6.05. The molecule has 4 N–H and O–H groups in total. The Kier molecular flexibility index (Phi) is 8.33. The van der Waals surface area contributed by atoms with E-state index in [0.717, 1.165) is 5.56 Å². The molecule has 1 aliphatic heterocycles. The van der Waals surface area contributed by atoms with Gasteiger partial charge < -0.3 is 30.6 Å². The maximum Gasteiger partial charge on any atom is 0.408 e. The lowest BCUT2D eigenvalue weighted by molar-refractivity contribution is -0.135. The average molecular weight is 589 g/mol. The molecule has 4 aromatic rings. The number of nitrogens with one attached hydrogen (secondary N) is 2. The monoisotopic (exact) mass is 588 g/mol. The van der Waals surface area contributed by atoms with Gasteiger partial charge in [-0.05, 0) is 74.9 Å². The first kappa shape index (κ1) is 29.6. The molecule has 0 saturated carbocycles. The van der Waals surface area contributed by atoms with Gasteiger partial charge >= 0.3 is 6.09 Å². The number of nitrogen functional groups attached to an aromatic ring is 1. The minimum Gasteiger partial charge on any atom is -0.444 e. The van der Waals surface area contributed by atoms with Crippen molar-refractivity contribution in [2.24, 2.45) is 0 Å². The molecule has 3 aromatic carbocycles. The second kappa shape index (κ2) is 12.1. The molecule has 0 spiro atoms. The van der Waals surface area contributed by atoms with Crippen LogP contribution < -0.4 is 16.4 Å². The van der Waals surface area contributed by atoms with Crippen molar-refractivity contribution < 1.29 is 23.1 Å². The number of halogens is 2. The molecule has 1 aromatic heterocycles. The van der Waals surface area contributed by atoms with Gasteiger partial charge in [-0.3, -0.25) is 4.79 Å². The van der Waals surface area contributed by atoms with E-state index in [9.17, 15) is 18.4 Å². The number of amides is 2. The number of nitrogens with two attached hydrogens (primary N) is 1. The molecule has 5 rings (SSSR count). The smallest absolute Gasteiger partial charge is 0.408 e. The number of anilines is 3. The van der Waals surface area contributed by atoms with Crippen LogP contribution in [0.25, 0.3) is 11.3 Å². The molecular weight excluding hydrogens is 554 g/mol. The number of aromatic nitrogens is 2. The Bertz CT molecular complexity index is 1610. The highest BCUT2D eigenvalue weighted by Gasteiger charge is 2.32. The van der Waals surface area contributed by atoms with Crippen LogP contribution in [0.2, 0.25) is 0 Å². The van der Waals surface area contributed by atoms with Gasteiger partial charge in [-0.2, -0.15) is 0 Å². The molecule has 224 valence electrons. The third kappa shape index (κ3) is 7.29. The van der Waals surface area contributed by atoms with Gasteiger partial charge in [0.25, 0.3) is 0 Å². The van der Waals surface area contributed by atoms with Crippen LogP contribution in [0, 0.1) is 11.6 Å². The van der Waals surface area contributed by atoms with Crippen molar-refractivity contribution in [3.05, 3.63) is 95.8 Å². The fourth-order valence-electron chi connectivity index (χ4n) is 4.91. The molecule has 43 heavy (non-hydrogen) atoms. The van der Waals surface area contributed by atoms with Gasteiger partial charge in [0.05, 0.1) is 6.54 Å². The highest BCUT2D eigenvalue weighted by atomic mass is 19.1. The topological polar surface area (TPSA) is 115 Å². The Labute approximate surface area is 248 Å². The van der Waals surface area contributed by atoms with Crippen LogP contribution in [0.15, 0.2) is 72.8 Å². The molecule has 0 unspecified atom stereocenters. The summed E-state index contributed by atoms with van der Waals surface area (Å²) in [4.78, 5) is 33.1. The quantitative estimate of drug-likeness (QED) is 0.241. The third-order valence-corrected chi connectivity index (χ3v) is 6.90. The van der Waals surface area contributed by atoms with E-state index < -0.39 is 23.6 Å². The van der Waals surface area contributed by atoms with Gasteiger partial charge in [0.1, 0.15) is 40.6 Å². The van der Waals surface area contributed by atoms with Gasteiger partial charge in [0.15, 0.2) is 0 Å². The maximum absolute atomic E-state index is 14.2. The summed E-state index contributed by atoms with van der Waals surface area (Å²) in [6.07, 6.45) is -0.464. The molecule has 11 heteroatoms. The summed E-state index contributed by atoms with van der Waals surface area (Å²) in [5.74, 6) is 0.106. The highest BCUT2D eigenvalue weighted by Crippen LogP contribution is 2.34. The molecule has 0 aliphatic carbocycles. The Morgan fingerprint density at radius 3 is 2.40 bits per heavy atom. The van der Waals surface area contributed by atoms with Crippen molar-refractivity contribution in [1.29, 1.82) is 0 Å². The molecule has 9 nitrogen and oxygen atoms in total. The molecule has 1 aliphatic rings. The van der Waals surface area contributed by atoms with Crippen LogP contribution in [0.4, 0.5) is 30.8 Å². The summed E-state index contributed by atoms with van der Waals surface area (Å²) in [6, 6.07) is 18.2. The standard InChI is InChI=1S/C32H34F2N6O3/c1-32(2,3)43-31(42)37-26(17-20-7-11-24(35)12-8-20)30(41)39-15-16-40-27(19-39)38-28(21-5-4-6-23(34)18-21)29(40)36-25-13-9-22(33)10-14-25/h4-14,18,26,36H,15-17,19,35H2,1-3H3,(H,37,42)/t26-/m0/s1. The first-order chi connectivity index (χ1) is 20.4. The lowest BCUT2D eigenvalue weighted by atomic mass is 10.0. The zero-order valence-corrected chi connectivity index (χ0v) is 24.2. The number of fused-ring (bicyclic) bond motifs is 1. The van der Waals surface area contributed by atoms with E-state index in [-0.39, 0.29) is 24.7 Å². The second-order valence-corrected chi connectivity index (χ2v) is 11.4. The fourth-order valence-corrected chi connectivity index (χ4v) is 4.91. The molecule has 0 bridgehead atoms. The normalized spacial score (nSPS) is 13.7. The number of carbonyl (C=O) groups excluding carboxylic acids is 2. The minimum atomic E-state index is -0.903. The minimum absolute atomic E-state index is 0.153. The van der Waals surface area contributed by atoms with Crippen LogP contribution in [-0.2, 0) is 29.0 Å². The van der Waals surface area contributed by atoms with Gasteiger partial charge in [0.2, 0.25) is 5.91 Å². The lowest BCUT2D eigenvalue weighted by Crippen LogP contribution is -2.52. The average Bonchev–Trinajstić information content (AvgIpc) is 3.31. The van der Waals surface area contributed by atoms with Crippen molar-refractivity contribution in [2.75, 3.05) is 17.6 Å². The molecule has 2 amide bonds. The van der Waals surface area contributed by atoms with Gasteiger partial charge in [-0.1, -0.05) is 24.3 Å². The third-order valence-electron chi connectivity index (χ3n) is 6.90. The summed E-state index contributed by atoms with van der Waals surface area (Å²) < 4.78 is 35.1. The van der Waals surface area contributed by atoms with E-state index in [1.54, 1.807) is 62.1 Å². The Morgan fingerprint density at radius 1 is 1.00 bits per heavy atom. The second-order valence-electron chi connectivity index (χ2n) is 11.4. The number of hydrogen-bond donors (Lipinski definition) is 3. The molecule has 2 heterocycles. The predicted molar refractivity (Wildman–Crippen MR) is 160 cm³/mol. The van der Waals surface area contributed by atoms with E-state index in [4.69, 9.17) is 15.5 Å². The number of benzene rings is 3. The SMILES string of the molecule is CC(C)(C)OC(=O)N[C@@H](Cc1ccc(N)cc1)C(=O)N1CCn2c(nc(-c3cccc(F)c3)c2Nc2ccc(F)cc2)C1. The van der Waals surface area contributed by atoms with Crippen molar-refractivity contribution in [3.8, 4) is 11.3 Å². The zero-order valence-electron chi connectivity index (χ0n) is 24.2. The van der Waals surface area contributed by atoms with E-state index in [2.05, 4.69) is 10.6 Å². The Hall–Kier alpha value is -4.93. The fraction of sp³-hybridized carbons (Fsp3) is 0.281. The lowest BCUT2D eigenvalue weighted by Gasteiger charge is -2.32. The van der Waals surface area contributed by atoms with Crippen LogP contribution >= 0.6 is 0 Å². The summed E-state index contributed by atoms with van der Waals surface area (Å²) >= 11 is 0. The van der Waals surface area contributed by atoms with Crippen molar-refractivity contribution in [2.45, 2.75) is 51.9 Å². The molecular formula is C32H34F2N6O3. The number of imidazole rings is 1. The summed E-state index contributed by atoms with van der Waals surface area (Å²) in [6.45, 7) is 6.12. The molecule has 0 fully saturated rings. The summed E-state index contributed by atoms with van der Waals surface area (Å²) in [7, 11) is 0. The van der Waals surface area contributed by atoms with Crippen LogP contribution in [0.5, 0.6) is 0 Å². The van der Waals surface area contributed by atoms with E-state index in [1.807, 2.05) is 16.7 Å². The van der Waals surface area contributed by atoms with Gasteiger partial charge in [-0.15, -0.1) is 0 Å². The van der Waals surface area contributed by atoms with E-state index in [0.29, 0.717) is 47.4 Å². The van der Waals surface area contributed by atoms with Crippen LogP contribution in [0.1, 0.15) is 32.2 Å². The van der Waals surface area contributed by atoms with Crippen LogP contribution in [-0.4, -0.2) is 44.6 Å². The first-order valence-corrected chi connectivity index (χ1v) is 14.0.